The van der Waals surface area contributed by atoms with Crippen LogP contribution in [-0.4, -0.2) is 42.1 Å². The lowest BCUT2D eigenvalue weighted by molar-refractivity contribution is -0.133. The molecule has 7 heteroatoms. The van der Waals surface area contributed by atoms with Gasteiger partial charge in [0.25, 0.3) is 0 Å². The Morgan fingerprint density at radius 3 is 2.72 bits per heavy atom. The lowest BCUT2D eigenvalue weighted by Crippen LogP contribution is -2.32. The first-order chi connectivity index (χ1) is 12.1. The Balaban J connectivity index is 1.47. The summed E-state index contributed by atoms with van der Waals surface area (Å²) in [5, 5.41) is 2.70. The van der Waals surface area contributed by atoms with Crippen LogP contribution >= 0.6 is 0 Å². The predicted octanol–water partition coefficient (Wildman–Crippen LogP) is 1.84. The number of anilines is 1. The largest absolute Gasteiger partial charge is 0.454 e. The number of aromatic nitrogens is 1. The molecular formula is C18H19N3O4. The van der Waals surface area contributed by atoms with Crippen LogP contribution in [-0.2, 0) is 16.0 Å². The lowest BCUT2D eigenvalue weighted by Gasteiger charge is -2.17. The Hall–Kier alpha value is -3.09. The van der Waals surface area contributed by atoms with Crippen LogP contribution in [0.1, 0.15) is 12.0 Å². The van der Waals surface area contributed by atoms with Gasteiger partial charge in [-0.05, 0) is 36.2 Å². The fraction of sp³-hybridized carbons (Fsp3) is 0.278. The van der Waals surface area contributed by atoms with Crippen molar-refractivity contribution in [3.8, 4) is 11.5 Å². The lowest BCUT2D eigenvalue weighted by atomic mass is 10.2. The minimum absolute atomic E-state index is 0.174. The van der Waals surface area contributed by atoms with E-state index in [2.05, 4.69) is 10.3 Å². The molecule has 0 radical (unpaired) electrons. The molecule has 1 N–H and O–H groups in total. The van der Waals surface area contributed by atoms with Crippen molar-refractivity contribution in [2.24, 2.45) is 0 Å². The smallest absolute Gasteiger partial charge is 0.233 e. The number of carbonyl (C=O) groups excluding carboxylic acids is 2. The number of hydrogen-bond acceptors (Lipinski definition) is 5. The molecule has 0 saturated carbocycles. The molecule has 0 bridgehead atoms. The second kappa shape index (κ2) is 7.65. The Morgan fingerprint density at radius 1 is 1.16 bits per heavy atom. The van der Waals surface area contributed by atoms with Crippen LogP contribution in [0.3, 0.4) is 0 Å². The number of benzene rings is 1. The van der Waals surface area contributed by atoms with E-state index in [-0.39, 0.29) is 25.0 Å². The third-order valence-corrected chi connectivity index (χ3v) is 3.88. The first kappa shape index (κ1) is 16.8. The van der Waals surface area contributed by atoms with Gasteiger partial charge in [0.2, 0.25) is 18.6 Å². The quantitative estimate of drug-likeness (QED) is 0.811. The second-order valence-corrected chi connectivity index (χ2v) is 5.71. The first-order valence-electron chi connectivity index (χ1n) is 7.94. The molecule has 2 heterocycles. The van der Waals surface area contributed by atoms with E-state index < -0.39 is 0 Å². The van der Waals surface area contributed by atoms with Crippen LogP contribution < -0.4 is 14.8 Å². The van der Waals surface area contributed by atoms with Gasteiger partial charge in [-0.1, -0.05) is 0 Å². The molecule has 1 aliphatic rings. The molecule has 7 nitrogen and oxygen atoms in total. The van der Waals surface area contributed by atoms with E-state index >= 15 is 0 Å². The maximum Gasteiger partial charge on any atom is 0.233 e. The van der Waals surface area contributed by atoms with Crippen molar-refractivity contribution in [1.82, 2.24) is 9.88 Å². The van der Waals surface area contributed by atoms with Crippen molar-refractivity contribution < 1.29 is 19.1 Å². The molecule has 130 valence electrons. The van der Waals surface area contributed by atoms with Crippen molar-refractivity contribution in [2.45, 2.75) is 12.8 Å². The van der Waals surface area contributed by atoms with Gasteiger partial charge >= 0.3 is 0 Å². The molecule has 2 amide bonds. The summed E-state index contributed by atoms with van der Waals surface area (Å²) in [6.07, 6.45) is 3.95. The highest BCUT2D eigenvalue weighted by Crippen LogP contribution is 2.34. The van der Waals surface area contributed by atoms with Crippen molar-refractivity contribution in [3.63, 3.8) is 0 Å². The standard InChI is InChI=1S/C18H19N3O4/c1-21(9-6-13-4-7-19-8-5-13)18(23)11-17(22)20-14-2-3-15-16(10-14)25-12-24-15/h2-5,7-8,10H,6,9,11-12H2,1H3,(H,20,22). The average molecular weight is 341 g/mol. The number of amides is 2. The molecule has 0 fully saturated rings. The molecule has 1 aromatic heterocycles. The van der Waals surface area contributed by atoms with Gasteiger partial charge in [0.1, 0.15) is 6.42 Å². The summed E-state index contributed by atoms with van der Waals surface area (Å²) in [7, 11) is 1.69. The van der Waals surface area contributed by atoms with Crippen molar-refractivity contribution >= 4 is 17.5 Å². The number of likely N-dealkylation sites (N-methyl/N-ethyl adjacent to an activating group) is 1. The van der Waals surface area contributed by atoms with Crippen molar-refractivity contribution in [1.29, 1.82) is 0 Å². The summed E-state index contributed by atoms with van der Waals surface area (Å²) in [6, 6.07) is 8.93. The third kappa shape index (κ3) is 4.47. The van der Waals surface area contributed by atoms with E-state index in [1.54, 1.807) is 42.5 Å². The average Bonchev–Trinajstić information content (AvgIpc) is 3.08. The number of rotatable bonds is 6. The van der Waals surface area contributed by atoms with Gasteiger partial charge in [-0.2, -0.15) is 0 Å². The summed E-state index contributed by atoms with van der Waals surface area (Å²) >= 11 is 0. The minimum atomic E-state index is -0.361. The topological polar surface area (TPSA) is 80.8 Å². The Bertz CT molecular complexity index is 764. The normalized spacial score (nSPS) is 11.9. The number of nitrogens with zero attached hydrogens (tertiary/aromatic N) is 2. The number of fused-ring (bicyclic) bond motifs is 1. The SMILES string of the molecule is CN(CCc1ccncc1)C(=O)CC(=O)Nc1ccc2c(c1)OCO2. The van der Waals surface area contributed by atoms with Gasteiger partial charge in [0, 0.05) is 37.7 Å². The number of pyridine rings is 1. The van der Waals surface area contributed by atoms with Crippen LogP contribution in [0, 0.1) is 0 Å². The van der Waals surface area contributed by atoms with Crippen LogP contribution in [0.4, 0.5) is 5.69 Å². The maximum atomic E-state index is 12.2. The highest BCUT2D eigenvalue weighted by molar-refractivity contribution is 6.03. The van der Waals surface area contributed by atoms with Gasteiger partial charge in [-0.15, -0.1) is 0 Å². The van der Waals surface area contributed by atoms with E-state index in [1.807, 2.05) is 12.1 Å². The Labute approximate surface area is 145 Å². The van der Waals surface area contributed by atoms with E-state index in [1.165, 1.54) is 0 Å². The Morgan fingerprint density at radius 2 is 1.92 bits per heavy atom. The van der Waals surface area contributed by atoms with Gasteiger partial charge < -0.3 is 19.7 Å². The number of carbonyl (C=O) groups is 2. The predicted molar refractivity (Wildman–Crippen MR) is 91.4 cm³/mol. The summed E-state index contributed by atoms with van der Waals surface area (Å²) in [6.45, 7) is 0.716. The van der Waals surface area contributed by atoms with Crippen LogP contribution in [0.15, 0.2) is 42.7 Å². The molecule has 3 rings (SSSR count). The zero-order valence-corrected chi connectivity index (χ0v) is 13.9. The van der Waals surface area contributed by atoms with Crippen molar-refractivity contribution in [2.75, 3.05) is 25.7 Å². The molecule has 0 aliphatic carbocycles. The van der Waals surface area contributed by atoms with Gasteiger partial charge in [-0.3, -0.25) is 14.6 Å². The number of ether oxygens (including phenoxy) is 2. The highest BCUT2D eigenvalue weighted by atomic mass is 16.7. The minimum Gasteiger partial charge on any atom is -0.454 e. The van der Waals surface area contributed by atoms with Crippen molar-refractivity contribution in [3.05, 3.63) is 48.3 Å². The maximum absolute atomic E-state index is 12.2. The molecule has 0 spiro atoms. The van der Waals surface area contributed by atoms with Gasteiger partial charge in [0.05, 0.1) is 0 Å². The van der Waals surface area contributed by atoms with Gasteiger partial charge in [0.15, 0.2) is 11.5 Å². The van der Waals surface area contributed by atoms with Gasteiger partial charge in [-0.25, -0.2) is 0 Å². The van der Waals surface area contributed by atoms with E-state index in [4.69, 9.17) is 9.47 Å². The van der Waals surface area contributed by atoms with E-state index in [0.29, 0.717) is 30.2 Å². The summed E-state index contributed by atoms with van der Waals surface area (Å²) in [4.78, 5) is 29.7. The van der Waals surface area contributed by atoms with Crippen LogP contribution in [0.5, 0.6) is 11.5 Å². The van der Waals surface area contributed by atoms with Crippen LogP contribution in [0.2, 0.25) is 0 Å². The number of hydrogen-bond donors (Lipinski definition) is 1. The molecule has 0 atom stereocenters. The molecule has 0 saturated heterocycles. The Kier molecular flexibility index (Phi) is 5.13. The third-order valence-electron chi connectivity index (χ3n) is 3.88. The summed E-state index contributed by atoms with van der Waals surface area (Å²) in [5.74, 6) is 0.635. The zero-order valence-electron chi connectivity index (χ0n) is 13.9. The zero-order chi connectivity index (χ0) is 17.6. The summed E-state index contributed by atoms with van der Waals surface area (Å²) in [5.41, 5.74) is 1.67. The molecule has 1 aliphatic heterocycles. The van der Waals surface area contributed by atoms with Crippen LogP contribution in [0.25, 0.3) is 0 Å². The molecule has 2 aromatic rings. The fourth-order valence-corrected chi connectivity index (χ4v) is 2.42. The molecule has 1 aromatic carbocycles. The molecular weight excluding hydrogens is 322 g/mol. The molecule has 25 heavy (non-hydrogen) atoms. The summed E-state index contributed by atoms with van der Waals surface area (Å²) < 4.78 is 10.5. The molecule has 0 unspecified atom stereocenters. The fourth-order valence-electron chi connectivity index (χ4n) is 2.42. The number of nitrogens with one attached hydrogen (secondary N) is 1. The monoisotopic (exact) mass is 341 g/mol. The first-order valence-corrected chi connectivity index (χ1v) is 7.94. The van der Waals surface area contributed by atoms with E-state index in [9.17, 15) is 9.59 Å². The van der Waals surface area contributed by atoms with E-state index in [0.717, 1.165) is 5.56 Å². The second-order valence-electron chi connectivity index (χ2n) is 5.71. The highest BCUT2D eigenvalue weighted by Gasteiger charge is 2.17.